The van der Waals surface area contributed by atoms with Crippen LogP contribution in [0.4, 0.5) is 0 Å². The van der Waals surface area contributed by atoms with Crippen LogP contribution in [0.15, 0.2) is 29.3 Å². The Bertz CT molecular complexity index is 546. The fraction of sp³-hybridized carbons (Fsp3) is 0.632. The SMILES string of the molecule is CCNC(=NCC(C1CC1)N(C)C)N1CCc2ccccc2C1. The highest BCUT2D eigenvalue weighted by atomic mass is 15.3. The first kappa shape index (κ1) is 16.3. The maximum absolute atomic E-state index is 4.98. The van der Waals surface area contributed by atoms with Gasteiger partial charge in [0.2, 0.25) is 0 Å². The van der Waals surface area contributed by atoms with Gasteiger partial charge >= 0.3 is 0 Å². The molecule has 1 atom stereocenters. The van der Waals surface area contributed by atoms with E-state index in [1.807, 2.05) is 0 Å². The molecule has 0 bridgehead atoms. The minimum atomic E-state index is 0.584. The zero-order valence-corrected chi connectivity index (χ0v) is 14.8. The van der Waals surface area contributed by atoms with Crippen LogP contribution in [0.25, 0.3) is 0 Å². The second kappa shape index (κ2) is 7.35. The zero-order chi connectivity index (χ0) is 16.2. The Hall–Kier alpha value is -1.55. The summed E-state index contributed by atoms with van der Waals surface area (Å²) in [5.41, 5.74) is 2.93. The van der Waals surface area contributed by atoms with E-state index in [0.29, 0.717) is 6.04 Å². The number of nitrogens with one attached hydrogen (secondary N) is 1. The lowest BCUT2D eigenvalue weighted by molar-refractivity contribution is 0.269. The van der Waals surface area contributed by atoms with Gasteiger partial charge in [0.25, 0.3) is 0 Å². The monoisotopic (exact) mass is 314 g/mol. The van der Waals surface area contributed by atoms with Gasteiger partial charge in [0.1, 0.15) is 0 Å². The topological polar surface area (TPSA) is 30.9 Å². The summed E-state index contributed by atoms with van der Waals surface area (Å²) in [6.45, 7) is 6.00. The van der Waals surface area contributed by atoms with Gasteiger partial charge in [0.15, 0.2) is 5.96 Å². The summed E-state index contributed by atoms with van der Waals surface area (Å²) in [4.78, 5) is 9.73. The number of hydrogen-bond donors (Lipinski definition) is 1. The standard InChI is InChI=1S/C19H30N4/c1-4-20-19(21-13-18(22(2)3)16-9-10-16)23-12-11-15-7-5-6-8-17(15)14-23/h5-8,16,18H,4,9-14H2,1-3H3,(H,20,21). The van der Waals surface area contributed by atoms with Crippen molar-refractivity contribution in [1.82, 2.24) is 15.1 Å². The molecule has 4 nitrogen and oxygen atoms in total. The number of guanidine groups is 1. The summed E-state index contributed by atoms with van der Waals surface area (Å²) in [5.74, 6) is 1.92. The van der Waals surface area contributed by atoms with Gasteiger partial charge in [-0.1, -0.05) is 24.3 Å². The molecule has 1 aromatic rings. The molecule has 0 aromatic heterocycles. The van der Waals surface area contributed by atoms with Gasteiger partial charge in [-0.3, -0.25) is 4.99 Å². The van der Waals surface area contributed by atoms with Crippen molar-refractivity contribution >= 4 is 5.96 Å². The van der Waals surface area contributed by atoms with E-state index in [0.717, 1.165) is 44.5 Å². The quantitative estimate of drug-likeness (QED) is 0.668. The Morgan fingerprint density at radius 3 is 2.70 bits per heavy atom. The first-order valence-electron chi connectivity index (χ1n) is 8.95. The fourth-order valence-electron chi connectivity index (χ4n) is 3.50. The Morgan fingerprint density at radius 2 is 2.04 bits per heavy atom. The number of nitrogens with zero attached hydrogens (tertiary/aromatic N) is 3. The highest BCUT2D eigenvalue weighted by Crippen LogP contribution is 2.34. The Kier molecular flexibility index (Phi) is 5.21. The van der Waals surface area contributed by atoms with Crippen molar-refractivity contribution in [2.75, 3.05) is 33.7 Å². The zero-order valence-electron chi connectivity index (χ0n) is 14.8. The van der Waals surface area contributed by atoms with E-state index in [-0.39, 0.29) is 0 Å². The van der Waals surface area contributed by atoms with Crippen LogP contribution in [0.5, 0.6) is 0 Å². The third-order valence-electron chi connectivity index (χ3n) is 5.02. The van der Waals surface area contributed by atoms with E-state index in [4.69, 9.17) is 4.99 Å². The van der Waals surface area contributed by atoms with Crippen molar-refractivity contribution in [3.8, 4) is 0 Å². The molecule has 4 heteroatoms. The summed E-state index contributed by atoms with van der Waals surface area (Å²) >= 11 is 0. The van der Waals surface area contributed by atoms with Crippen LogP contribution in [0.2, 0.25) is 0 Å². The van der Waals surface area contributed by atoms with E-state index in [9.17, 15) is 0 Å². The summed E-state index contributed by atoms with van der Waals surface area (Å²) in [7, 11) is 4.37. The average molecular weight is 314 g/mol. The lowest BCUT2D eigenvalue weighted by Gasteiger charge is -2.32. The predicted octanol–water partition coefficient (Wildman–Crippen LogP) is 2.35. The van der Waals surface area contributed by atoms with Crippen LogP contribution < -0.4 is 5.32 Å². The van der Waals surface area contributed by atoms with Crippen molar-refractivity contribution in [2.45, 2.75) is 38.8 Å². The number of rotatable bonds is 5. The summed E-state index contributed by atoms with van der Waals surface area (Å²) in [6.07, 6.45) is 3.85. The van der Waals surface area contributed by atoms with Gasteiger partial charge in [-0.05, 0) is 57.3 Å². The van der Waals surface area contributed by atoms with Gasteiger partial charge < -0.3 is 15.1 Å². The molecule has 1 aromatic carbocycles. The van der Waals surface area contributed by atoms with Crippen LogP contribution in [0, 0.1) is 5.92 Å². The van der Waals surface area contributed by atoms with Gasteiger partial charge in [-0.2, -0.15) is 0 Å². The highest BCUT2D eigenvalue weighted by Gasteiger charge is 2.32. The van der Waals surface area contributed by atoms with Crippen LogP contribution in [0.1, 0.15) is 30.9 Å². The molecule has 1 fully saturated rings. The van der Waals surface area contributed by atoms with Gasteiger partial charge in [0.05, 0.1) is 6.54 Å². The third-order valence-corrected chi connectivity index (χ3v) is 5.02. The van der Waals surface area contributed by atoms with Crippen molar-refractivity contribution in [2.24, 2.45) is 10.9 Å². The molecule has 0 spiro atoms. The van der Waals surface area contributed by atoms with Crippen molar-refractivity contribution < 1.29 is 0 Å². The Labute approximate surface area is 140 Å². The molecule has 1 N–H and O–H groups in total. The summed E-state index contributed by atoms with van der Waals surface area (Å²) < 4.78 is 0. The first-order valence-corrected chi connectivity index (χ1v) is 8.95. The maximum atomic E-state index is 4.98. The molecule has 0 amide bonds. The minimum Gasteiger partial charge on any atom is -0.357 e. The van der Waals surface area contributed by atoms with Gasteiger partial charge in [-0.25, -0.2) is 0 Å². The van der Waals surface area contributed by atoms with Crippen molar-refractivity contribution in [3.63, 3.8) is 0 Å². The number of fused-ring (bicyclic) bond motifs is 1. The van der Waals surface area contributed by atoms with Crippen molar-refractivity contribution in [3.05, 3.63) is 35.4 Å². The van der Waals surface area contributed by atoms with Crippen LogP contribution in [0.3, 0.4) is 0 Å². The molecule has 1 saturated carbocycles. The van der Waals surface area contributed by atoms with Crippen LogP contribution in [-0.4, -0.2) is 55.5 Å². The first-order chi connectivity index (χ1) is 11.2. The van der Waals surface area contributed by atoms with E-state index in [2.05, 4.69) is 60.4 Å². The van der Waals surface area contributed by atoms with Gasteiger partial charge in [0, 0.05) is 25.7 Å². The number of likely N-dealkylation sites (N-methyl/N-ethyl adjacent to an activating group) is 1. The van der Waals surface area contributed by atoms with Gasteiger partial charge in [-0.15, -0.1) is 0 Å². The summed E-state index contributed by atoms with van der Waals surface area (Å²) in [6, 6.07) is 9.37. The number of aliphatic imine (C=N–C) groups is 1. The lowest BCUT2D eigenvalue weighted by Crippen LogP contribution is -2.45. The summed E-state index contributed by atoms with van der Waals surface area (Å²) in [5, 5.41) is 3.49. The average Bonchev–Trinajstić information content (AvgIpc) is 3.38. The smallest absolute Gasteiger partial charge is 0.194 e. The molecular formula is C19H30N4. The lowest BCUT2D eigenvalue weighted by atomic mass is 10.0. The molecule has 23 heavy (non-hydrogen) atoms. The molecule has 1 heterocycles. The van der Waals surface area contributed by atoms with Crippen LogP contribution in [-0.2, 0) is 13.0 Å². The fourth-order valence-corrected chi connectivity index (χ4v) is 3.50. The van der Waals surface area contributed by atoms with E-state index in [1.165, 1.54) is 24.0 Å². The van der Waals surface area contributed by atoms with E-state index < -0.39 is 0 Å². The Balaban J connectivity index is 1.70. The number of benzene rings is 1. The molecule has 126 valence electrons. The largest absolute Gasteiger partial charge is 0.357 e. The predicted molar refractivity (Wildman–Crippen MR) is 96.7 cm³/mol. The van der Waals surface area contributed by atoms with E-state index in [1.54, 1.807) is 0 Å². The molecule has 1 aliphatic heterocycles. The second-order valence-electron chi connectivity index (χ2n) is 7.00. The minimum absolute atomic E-state index is 0.584. The Morgan fingerprint density at radius 1 is 1.30 bits per heavy atom. The maximum Gasteiger partial charge on any atom is 0.194 e. The van der Waals surface area contributed by atoms with Crippen molar-refractivity contribution in [1.29, 1.82) is 0 Å². The molecule has 0 saturated heterocycles. The molecule has 0 radical (unpaired) electrons. The normalized spacial score (nSPS) is 19.7. The second-order valence-corrected chi connectivity index (χ2v) is 7.00. The molecule has 1 unspecified atom stereocenters. The van der Waals surface area contributed by atoms with E-state index >= 15 is 0 Å². The molecule has 2 aliphatic rings. The molecular weight excluding hydrogens is 284 g/mol. The van der Waals surface area contributed by atoms with Crippen LogP contribution >= 0.6 is 0 Å². The highest BCUT2D eigenvalue weighted by molar-refractivity contribution is 5.80. The molecule has 1 aliphatic carbocycles. The number of hydrogen-bond acceptors (Lipinski definition) is 2. The third kappa shape index (κ3) is 4.05. The molecule has 3 rings (SSSR count).